The number of hydrogen-bond donors (Lipinski definition) is 2. The standard InChI is InChI=1S/C23H26N6O5S/c1-4-17-14-33-23(30)29(17)21-26-20(27-22(28-21)35(31,32)24-3)25-15(2)16-10-12-19(13-11-16)34-18-8-6-5-7-9-18/h5-13,15,17,24H,4,14H2,1-3H3,(H,25,26,27,28)/t15-,17-/m0/s1. The summed E-state index contributed by atoms with van der Waals surface area (Å²) in [5.41, 5.74) is 0.886. The molecule has 2 heterocycles. The number of benzene rings is 2. The zero-order valence-electron chi connectivity index (χ0n) is 19.5. The molecule has 1 aliphatic heterocycles. The molecule has 11 nitrogen and oxygen atoms in total. The lowest BCUT2D eigenvalue weighted by molar-refractivity contribution is 0.178. The molecule has 0 bridgehead atoms. The van der Waals surface area contributed by atoms with Gasteiger partial charge in [-0.3, -0.25) is 0 Å². The smallest absolute Gasteiger partial charge is 0.417 e. The van der Waals surface area contributed by atoms with Crippen LogP contribution in [0.5, 0.6) is 11.5 Å². The molecule has 0 radical (unpaired) electrons. The number of nitrogens with one attached hydrogen (secondary N) is 2. The van der Waals surface area contributed by atoms with E-state index in [1.807, 2.05) is 68.4 Å². The largest absolute Gasteiger partial charge is 0.457 e. The van der Waals surface area contributed by atoms with E-state index in [-0.39, 0.29) is 30.6 Å². The SMILES string of the molecule is CC[C@H]1COC(=O)N1c1nc(N[C@@H](C)c2ccc(Oc3ccccc3)cc2)nc(S(=O)(=O)NC)n1. The molecule has 35 heavy (non-hydrogen) atoms. The molecule has 1 aromatic heterocycles. The zero-order chi connectivity index (χ0) is 25.0. The Morgan fingerprint density at radius 1 is 1.09 bits per heavy atom. The van der Waals surface area contributed by atoms with Gasteiger partial charge in [-0.2, -0.15) is 15.0 Å². The maximum absolute atomic E-state index is 12.5. The number of rotatable bonds is 9. The number of cyclic esters (lactones) is 1. The summed E-state index contributed by atoms with van der Waals surface area (Å²) in [5, 5.41) is 2.60. The highest BCUT2D eigenvalue weighted by molar-refractivity contribution is 7.89. The summed E-state index contributed by atoms with van der Waals surface area (Å²) in [6, 6.07) is 16.3. The third kappa shape index (κ3) is 5.49. The summed E-state index contributed by atoms with van der Waals surface area (Å²) in [6.45, 7) is 3.94. The van der Waals surface area contributed by atoms with E-state index in [1.165, 1.54) is 11.9 Å². The number of aromatic nitrogens is 3. The number of nitrogens with zero attached hydrogens (tertiary/aromatic N) is 4. The van der Waals surface area contributed by atoms with Crippen LogP contribution in [0.1, 0.15) is 31.9 Å². The topological polar surface area (TPSA) is 136 Å². The van der Waals surface area contributed by atoms with Crippen LogP contribution in [0.4, 0.5) is 16.7 Å². The van der Waals surface area contributed by atoms with Crippen molar-refractivity contribution in [2.45, 2.75) is 37.5 Å². The summed E-state index contributed by atoms with van der Waals surface area (Å²) in [5.74, 6) is 1.32. The van der Waals surface area contributed by atoms with E-state index in [0.29, 0.717) is 12.2 Å². The molecule has 184 valence electrons. The van der Waals surface area contributed by atoms with Crippen molar-refractivity contribution in [1.29, 1.82) is 0 Å². The Hall–Kier alpha value is -3.77. The van der Waals surface area contributed by atoms with Gasteiger partial charge in [-0.05, 0) is 50.2 Å². The molecule has 0 aliphatic carbocycles. The molecule has 3 aromatic rings. The van der Waals surface area contributed by atoms with Crippen LogP contribution in [0, 0.1) is 0 Å². The molecule has 1 amide bonds. The summed E-state index contributed by atoms with van der Waals surface area (Å²) >= 11 is 0. The average molecular weight is 499 g/mol. The van der Waals surface area contributed by atoms with Gasteiger partial charge in [0.05, 0.1) is 12.1 Å². The highest BCUT2D eigenvalue weighted by atomic mass is 32.2. The molecule has 1 aliphatic rings. The van der Waals surface area contributed by atoms with Crippen LogP contribution < -0.4 is 19.7 Å². The van der Waals surface area contributed by atoms with Gasteiger partial charge < -0.3 is 14.8 Å². The second-order valence-electron chi connectivity index (χ2n) is 7.81. The predicted molar refractivity (Wildman–Crippen MR) is 129 cm³/mol. The van der Waals surface area contributed by atoms with E-state index in [4.69, 9.17) is 9.47 Å². The number of para-hydroxylation sites is 1. The van der Waals surface area contributed by atoms with Gasteiger partial charge in [0, 0.05) is 0 Å². The average Bonchev–Trinajstić information content (AvgIpc) is 3.25. The normalized spacial score (nSPS) is 16.6. The Morgan fingerprint density at radius 3 is 2.43 bits per heavy atom. The van der Waals surface area contributed by atoms with Gasteiger partial charge in [-0.15, -0.1) is 0 Å². The molecule has 0 unspecified atom stereocenters. The van der Waals surface area contributed by atoms with Crippen LogP contribution in [0.2, 0.25) is 0 Å². The predicted octanol–water partition coefficient (Wildman–Crippen LogP) is 3.48. The summed E-state index contributed by atoms with van der Waals surface area (Å²) in [4.78, 5) is 26.0. The summed E-state index contributed by atoms with van der Waals surface area (Å²) < 4.78 is 38.0. The molecule has 1 saturated heterocycles. The third-order valence-corrected chi connectivity index (χ3v) is 6.67. The first-order valence-corrected chi connectivity index (χ1v) is 12.5. The van der Waals surface area contributed by atoms with Gasteiger partial charge in [0.1, 0.15) is 18.1 Å². The first-order valence-electron chi connectivity index (χ1n) is 11.1. The highest BCUT2D eigenvalue weighted by Gasteiger charge is 2.36. The van der Waals surface area contributed by atoms with Crippen molar-refractivity contribution in [3.05, 3.63) is 60.2 Å². The van der Waals surface area contributed by atoms with Crippen LogP contribution >= 0.6 is 0 Å². The maximum Gasteiger partial charge on any atom is 0.417 e. The van der Waals surface area contributed by atoms with E-state index in [0.717, 1.165) is 11.3 Å². The highest BCUT2D eigenvalue weighted by Crippen LogP contribution is 2.26. The number of amides is 1. The number of carbonyl (C=O) groups is 1. The number of sulfonamides is 1. The van der Waals surface area contributed by atoms with E-state index < -0.39 is 21.3 Å². The van der Waals surface area contributed by atoms with Gasteiger partial charge in [0.2, 0.25) is 11.9 Å². The fourth-order valence-corrected chi connectivity index (χ4v) is 4.05. The second-order valence-corrected chi connectivity index (χ2v) is 9.59. The van der Waals surface area contributed by atoms with Gasteiger partial charge >= 0.3 is 6.09 Å². The van der Waals surface area contributed by atoms with Crippen molar-refractivity contribution in [1.82, 2.24) is 19.7 Å². The van der Waals surface area contributed by atoms with Gasteiger partial charge in [-0.25, -0.2) is 22.8 Å². The van der Waals surface area contributed by atoms with Crippen molar-refractivity contribution in [3.63, 3.8) is 0 Å². The van der Waals surface area contributed by atoms with Crippen LogP contribution in [-0.4, -0.2) is 49.2 Å². The van der Waals surface area contributed by atoms with Gasteiger partial charge in [-0.1, -0.05) is 37.3 Å². The monoisotopic (exact) mass is 498 g/mol. The van der Waals surface area contributed by atoms with Crippen molar-refractivity contribution >= 4 is 28.0 Å². The fourth-order valence-electron chi connectivity index (χ4n) is 3.46. The minimum atomic E-state index is -4.00. The van der Waals surface area contributed by atoms with Crippen LogP contribution in [0.3, 0.4) is 0 Å². The quantitative estimate of drug-likeness (QED) is 0.454. The molecular weight excluding hydrogens is 472 g/mol. The van der Waals surface area contributed by atoms with E-state index in [9.17, 15) is 13.2 Å². The Labute approximate surface area is 203 Å². The molecule has 2 aromatic carbocycles. The van der Waals surface area contributed by atoms with E-state index in [1.54, 1.807) is 0 Å². The Morgan fingerprint density at radius 2 is 1.77 bits per heavy atom. The first kappa shape index (κ1) is 24.4. The number of carbonyl (C=O) groups excluding carboxylic acids is 1. The molecular formula is C23H26N6O5S. The van der Waals surface area contributed by atoms with Gasteiger partial charge in [0.15, 0.2) is 0 Å². The molecule has 0 spiro atoms. The number of ether oxygens (including phenoxy) is 2. The summed E-state index contributed by atoms with van der Waals surface area (Å²) in [7, 11) is -2.74. The fraction of sp³-hybridized carbons (Fsp3) is 0.304. The number of anilines is 2. The minimum absolute atomic E-state index is 0.00971. The summed E-state index contributed by atoms with van der Waals surface area (Å²) in [6.07, 6.45) is -0.0499. The van der Waals surface area contributed by atoms with Crippen LogP contribution in [0.15, 0.2) is 59.8 Å². The van der Waals surface area contributed by atoms with Crippen LogP contribution in [0.25, 0.3) is 0 Å². The molecule has 2 N–H and O–H groups in total. The molecule has 12 heteroatoms. The van der Waals surface area contributed by atoms with Crippen molar-refractivity contribution in [2.75, 3.05) is 23.9 Å². The lowest BCUT2D eigenvalue weighted by Gasteiger charge is -2.20. The Balaban J connectivity index is 1.59. The Bertz CT molecular complexity index is 1290. The Kier molecular flexibility index (Phi) is 7.12. The third-order valence-electron chi connectivity index (χ3n) is 5.46. The van der Waals surface area contributed by atoms with Crippen LogP contribution in [-0.2, 0) is 14.8 Å². The molecule has 0 saturated carbocycles. The minimum Gasteiger partial charge on any atom is -0.457 e. The van der Waals surface area contributed by atoms with E-state index in [2.05, 4.69) is 25.0 Å². The molecule has 4 rings (SSSR count). The van der Waals surface area contributed by atoms with Crippen molar-refractivity contribution in [2.24, 2.45) is 0 Å². The lowest BCUT2D eigenvalue weighted by atomic mass is 10.1. The maximum atomic E-state index is 12.5. The molecule has 1 fully saturated rings. The van der Waals surface area contributed by atoms with Crippen molar-refractivity contribution in [3.8, 4) is 11.5 Å². The zero-order valence-corrected chi connectivity index (χ0v) is 20.3. The number of hydrogen-bond acceptors (Lipinski definition) is 9. The first-order chi connectivity index (χ1) is 16.8. The lowest BCUT2D eigenvalue weighted by Crippen LogP contribution is -2.35. The van der Waals surface area contributed by atoms with E-state index >= 15 is 0 Å². The van der Waals surface area contributed by atoms with Gasteiger partial charge in [0.25, 0.3) is 15.2 Å². The molecule has 2 atom stereocenters. The second kappa shape index (κ2) is 10.2. The van der Waals surface area contributed by atoms with Crippen molar-refractivity contribution < 1.29 is 22.7 Å².